The van der Waals surface area contributed by atoms with Gasteiger partial charge in [0.1, 0.15) is 11.6 Å². The quantitative estimate of drug-likeness (QED) is 0.564. The van der Waals surface area contributed by atoms with Gasteiger partial charge in [-0.25, -0.2) is 8.78 Å². The molecule has 0 fully saturated rings. The highest BCUT2D eigenvalue weighted by molar-refractivity contribution is 14.1. The zero-order valence-electron chi connectivity index (χ0n) is 10.4. The molecule has 0 bridgehead atoms. The van der Waals surface area contributed by atoms with E-state index in [1.165, 1.54) is 30.3 Å². The Hall–Kier alpha value is -1.30. The second-order valence-electron chi connectivity index (χ2n) is 4.37. The lowest BCUT2D eigenvalue weighted by molar-refractivity contribution is 0.103. The molecule has 0 spiro atoms. The summed E-state index contributed by atoms with van der Waals surface area (Å²) in [6.07, 6.45) is 0. The molecular formula is C15H11F2IO. The van der Waals surface area contributed by atoms with Gasteiger partial charge >= 0.3 is 0 Å². The van der Waals surface area contributed by atoms with E-state index in [0.717, 1.165) is 0 Å². The number of carbonyl (C=O) groups is 1. The molecule has 0 saturated carbocycles. The maximum atomic E-state index is 13.2. The Morgan fingerprint density at radius 3 is 2.11 bits per heavy atom. The minimum absolute atomic E-state index is 0.209. The fourth-order valence-corrected chi connectivity index (χ4v) is 2.80. The zero-order chi connectivity index (χ0) is 14.2. The third-order valence-electron chi connectivity index (χ3n) is 2.90. The van der Waals surface area contributed by atoms with Crippen LogP contribution in [0.2, 0.25) is 0 Å². The second-order valence-corrected chi connectivity index (χ2v) is 5.53. The van der Waals surface area contributed by atoms with Gasteiger partial charge in [-0.15, -0.1) is 0 Å². The van der Waals surface area contributed by atoms with Gasteiger partial charge < -0.3 is 0 Å². The molecule has 2 rings (SSSR count). The van der Waals surface area contributed by atoms with Crippen molar-refractivity contribution in [2.75, 3.05) is 0 Å². The molecule has 19 heavy (non-hydrogen) atoms. The highest BCUT2D eigenvalue weighted by Crippen LogP contribution is 2.23. The molecule has 2 aromatic carbocycles. The maximum Gasteiger partial charge on any atom is 0.194 e. The van der Waals surface area contributed by atoms with E-state index in [-0.39, 0.29) is 17.4 Å². The van der Waals surface area contributed by atoms with Gasteiger partial charge in [-0.1, -0.05) is 0 Å². The highest BCUT2D eigenvalue weighted by Gasteiger charge is 2.18. The van der Waals surface area contributed by atoms with Crippen molar-refractivity contribution in [3.05, 3.63) is 67.8 Å². The molecule has 0 unspecified atom stereocenters. The summed E-state index contributed by atoms with van der Waals surface area (Å²) in [5.41, 5.74) is 2.08. The lowest BCUT2D eigenvalue weighted by Crippen LogP contribution is -2.09. The minimum Gasteiger partial charge on any atom is -0.289 e. The number of ketones is 1. The summed E-state index contributed by atoms with van der Waals surface area (Å²) >= 11 is 1.92. The lowest BCUT2D eigenvalue weighted by Gasteiger charge is -2.10. The molecule has 0 atom stereocenters. The number of benzene rings is 2. The van der Waals surface area contributed by atoms with E-state index in [9.17, 15) is 13.6 Å². The van der Waals surface area contributed by atoms with E-state index < -0.39 is 0 Å². The molecule has 4 heteroatoms. The SMILES string of the molecule is Cc1cc(F)cc(C)c1C(=O)c1ccc(F)cc1I. The van der Waals surface area contributed by atoms with E-state index in [1.807, 2.05) is 22.6 Å². The summed E-state index contributed by atoms with van der Waals surface area (Å²) < 4.78 is 26.9. The Kier molecular flexibility index (Phi) is 3.99. The fraction of sp³-hybridized carbons (Fsp3) is 0.133. The van der Waals surface area contributed by atoms with Crippen LogP contribution in [-0.4, -0.2) is 5.78 Å². The number of hydrogen-bond donors (Lipinski definition) is 0. The van der Waals surface area contributed by atoms with Gasteiger partial charge in [0.2, 0.25) is 0 Å². The van der Waals surface area contributed by atoms with Crippen molar-refractivity contribution in [3.63, 3.8) is 0 Å². The van der Waals surface area contributed by atoms with Gasteiger partial charge in [0.05, 0.1) is 0 Å². The summed E-state index contributed by atoms with van der Waals surface area (Å²) in [6.45, 7) is 3.39. The van der Waals surface area contributed by atoms with Gasteiger partial charge in [-0.05, 0) is 77.9 Å². The van der Waals surface area contributed by atoms with Gasteiger partial charge in [0.15, 0.2) is 5.78 Å². The standard InChI is InChI=1S/C15H11F2IO/c1-8-5-11(17)6-9(2)14(8)15(19)12-4-3-10(16)7-13(12)18/h3-7H,1-2H3. The Labute approximate surface area is 123 Å². The molecule has 0 N–H and O–H groups in total. The van der Waals surface area contributed by atoms with Crippen LogP contribution in [0.4, 0.5) is 8.78 Å². The third-order valence-corrected chi connectivity index (χ3v) is 3.79. The summed E-state index contributed by atoms with van der Waals surface area (Å²) in [6, 6.07) is 6.68. The van der Waals surface area contributed by atoms with E-state index in [2.05, 4.69) is 0 Å². The first-order chi connectivity index (χ1) is 8.90. The molecule has 0 aliphatic carbocycles. The van der Waals surface area contributed by atoms with E-state index in [1.54, 1.807) is 13.8 Å². The highest BCUT2D eigenvalue weighted by atomic mass is 127. The molecule has 2 aromatic rings. The first kappa shape index (κ1) is 14.1. The predicted molar refractivity (Wildman–Crippen MR) is 78.4 cm³/mol. The first-order valence-corrected chi connectivity index (χ1v) is 6.74. The van der Waals surface area contributed by atoms with Crippen LogP contribution in [0.5, 0.6) is 0 Å². The van der Waals surface area contributed by atoms with Crippen molar-refractivity contribution in [1.29, 1.82) is 0 Å². The molecular weight excluding hydrogens is 361 g/mol. The Morgan fingerprint density at radius 2 is 1.58 bits per heavy atom. The monoisotopic (exact) mass is 372 g/mol. The van der Waals surface area contributed by atoms with Gasteiger partial charge in [-0.2, -0.15) is 0 Å². The number of halogens is 3. The van der Waals surface area contributed by atoms with Crippen LogP contribution in [0.25, 0.3) is 0 Å². The van der Waals surface area contributed by atoms with Crippen LogP contribution in [0, 0.1) is 29.1 Å². The average Bonchev–Trinajstić information content (AvgIpc) is 2.26. The predicted octanol–water partition coefficient (Wildman–Crippen LogP) is 4.42. The average molecular weight is 372 g/mol. The van der Waals surface area contributed by atoms with E-state index >= 15 is 0 Å². The molecule has 1 nitrogen and oxygen atoms in total. The fourth-order valence-electron chi connectivity index (χ4n) is 2.08. The molecule has 0 aliphatic heterocycles. The van der Waals surface area contributed by atoms with Crippen molar-refractivity contribution in [1.82, 2.24) is 0 Å². The van der Waals surface area contributed by atoms with Crippen LogP contribution >= 0.6 is 22.6 Å². The molecule has 0 heterocycles. The topological polar surface area (TPSA) is 17.1 Å². The second kappa shape index (κ2) is 5.36. The van der Waals surface area contributed by atoms with Crippen molar-refractivity contribution in [2.24, 2.45) is 0 Å². The molecule has 0 aromatic heterocycles. The van der Waals surface area contributed by atoms with Crippen LogP contribution in [-0.2, 0) is 0 Å². The van der Waals surface area contributed by atoms with Gasteiger partial charge in [0, 0.05) is 14.7 Å². The van der Waals surface area contributed by atoms with Gasteiger partial charge in [-0.3, -0.25) is 4.79 Å². The van der Waals surface area contributed by atoms with E-state index in [4.69, 9.17) is 0 Å². The summed E-state index contributed by atoms with van der Waals surface area (Å²) in [5, 5.41) is 0. The Morgan fingerprint density at radius 1 is 1.00 bits per heavy atom. The summed E-state index contributed by atoms with van der Waals surface area (Å²) in [7, 11) is 0. The zero-order valence-corrected chi connectivity index (χ0v) is 12.6. The maximum absolute atomic E-state index is 13.2. The van der Waals surface area contributed by atoms with Crippen molar-refractivity contribution < 1.29 is 13.6 Å². The molecule has 98 valence electrons. The molecule has 0 saturated heterocycles. The Balaban J connectivity index is 2.56. The summed E-state index contributed by atoms with van der Waals surface area (Å²) in [5.74, 6) is -0.951. The smallest absolute Gasteiger partial charge is 0.194 e. The third kappa shape index (κ3) is 2.83. The number of carbonyl (C=O) groups excluding carboxylic acids is 1. The minimum atomic E-state index is -0.381. The van der Waals surface area contributed by atoms with Crippen LogP contribution in [0.3, 0.4) is 0 Å². The number of hydrogen-bond acceptors (Lipinski definition) is 1. The summed E-state index contributed by atoms with van der Waals surface area (Å²) in [4.78, 5) is 12.5. The van der Waals surface area contributed by atoms with Crippen molar-refractivity contribution in [2.45, 2.75) is 13.8 Å². The molecule has 0 aliphatic rings. The molecule has 0 radical (unpaired) electrons. The normalized spacial score (nSPS) is 10.6. The van der Waals surface area contributed by atoms with Crippen LogP contribution in [0.1, 0.15) is 27.0 Å². The number of rotatable bonds is 2. The van der Waals surface area contributed by atoms with Crippen LogP contribution < -0.4 is 0 Å². The van der Waals surface area contributed by atoms with Gasteiger partial charge in [0.25, 0.3) is 0 Å². The van der Waals surface area contributed by atoms with Crippen LogP contribution in [0.15, 0.2) is 30.3 Å². The Bertz CT molecular complexity index is 642. The van der Waals surface area contributed by atoms with E-state index in [0.29, 0.717) is 25.8 Å². The van der Waals surface area contributed by atoms with Crippen molar-refractivity contribution >= 4 is 28.4 Å². The van der Waals surface area contributed by atoms with Crippen molar-refractivity contribution in [3.8, 4) is 0 Å². The first-order valence-electron chi connectivity index (χ1n) is 5.66. The largest absolute Gasteiger partial charge is 0.289 e. The lowest BCUT2D eigenvalue weighted by atomic mass is 9.95. The molecule has 0 amide bonds. The number of aryl methyl sites for hydroxylation is 2.